The number of hydrogen-bond donors (Lipinski definition) is 2. The molecular formula is C11H22N2O3. The van der Waals surface area contributed by atoms with Crippen LogP contribution in [0.5, 0.6) is 0 Å². The normalized spacial score (nSPS) is 11.6. The van der Waals surface area contributed by atoms with Crippen LogP contribution < -0.4 is 5.32 Å². The van der Waals surface area contributed by atoms with E-state index >= 15 is 0 Å². The van der Waals surface area contributed by atoms with Gasteiger partial charge >= 0.3 is 5.97 Å². The topological polar surface area (TPSA) is 69.6 Å². The van der Waals surface area contributed by atoms with Crippen molar-refractivity contribution in [3.63, 3.8) is 0 Å². The highest BCUT2D eigenvalue weighted by Crippen LogP contribution is 2.15. The first-order chi connectivity index (χ1) is 7.36. The number of nitrogens with zero attached hydrogens (tertiary/aromatic N) is 1. The number of rotatable bonds is 7. The molecule has 0 aliphatic heterocycles. The van der Waals surface area contributed by atoms with Crippen LogP contribution in [0.15, 0.2) is 0 Å². The molecule has 0 radical (unpaired) electrons. The molecular weight excluding hydrogens is 208 g/mol. The maximum atomic E-state index is 11.1. The summed E-state index contributed by atoms with van der Waals surface area (Å²) in [5.41, 5.74) is -0.878. The number of hydrogen-bond acceptors (Lipinski definition) is 3. The number of carboxylic acid groups (broad SMARTS) is 1. The van der Waals surface area contributed by atoms with E-state index in [1.807, 2.05) is 11.8 Å². The standard InChI is InChI=1S/C11H22N2O3/c1-5-13(11(2,3)10(15)16)8-6-7-9(14)12-4/h5-8H2,1-4H3,(H,12,14)(H,15,16). The molecule has 94 valence electrons. The van der Waals surface area contributed by atoms with Crippen molar-refractivity contribution in [3.8, 4) is 0 Å². The van der Waals surface area contributed by atoms with Crippen LogP contribution in [0.25, 0.3) is 0 Å². The first-order valence-corrected chi connectivity index (χ1v) is 5.55. The lowest BCUT2D eigenvalue weighted by molar-refractivity contribution is -0.149. The van der Waals surface area contributed by atoms with Crippen molar-refractivity contribution in [1.29, 1.82) is 0 Å². The molecule has 16 heavy (non-hydrogen) atoms. The molecule has 0 aliphatic carbocycles. The smallest absolute Gasteiger partial charge is 0.323 e. The minimum absolute atomic E-state index is 0.0100. The van der Waals surface area contributed by atoms with Gasteiger partial charge in [0.15, 0.2) is 0 Å². The second-order valence-corrected chi connectivity index (χ2v) is 4.22. The molecule has 2 N–H and O–H groups in total. The van der Waals surface area contributed by atoms with Crippen molar-refractivity contribution >= 4 is 11.9 Å². The van der Waals surface area contributed by atoms with E-state index in [-0.39, 0.29) is 5.91 Å². The van der Waals surface area contributed by atoms with E-state index in [0.29, 0.717) is 25.9 Å². The van der Waals surface area contributed by atoms with E-state index in [4.69, 9.17) is 5.11 Å². The zero-order valence-corrected chi connectivity index (χ0v) is 10.5. The van der Waals surface area contributed by atoms with Gasteiger partial charge in [-0.15, -0.1) is 0 Å². The Labute approximate surface area is 96.8 Å². The van der Waals surface area contributed by atoms with E-state index in [2.05, 4.69) is 5.32 Å². The Kier molecular flexibility index (Phi) is 6.03. The Balaban J connectivity index is 4.21. The summed E-state index contributed by atoms with van der Waals surface area (Å²) in [6, 6.07) is 0. The lowest BCUT2D eigenvalue weighted by atomic mass is 10.0. The van der Waals surface area contributed by atoms with Gasteiger partial charge in [0.2, 0.25) is 5.91 Å². The van der Waals surface area contributed by atoms with Crippen LogP contribution in [-0.2, 0) is 9.59 Å². The number of likely N-dealkylation sites (N-methyl/N-ethyl adjacent to an activating group) is 1. The van der Waals surface area contributed by atoms with E-state index in [1.54, 1.807) is 20.9 Å². The molecule has 5 nitrogen and oxygen atoms in total. The van der Waals surface area contributed by atoms with Crippen molar-refractivity contribution in [2.24, 2.45) is 0 Å². The molecule has 0 aliphatic rings. The molecule has 0 bridgehead atoms. The molecule has 0 heterocycles. The molecule has 5 heteroatoms. The maximum Gasteiger partial charge on any atom is 0.323 e. The lowest BCUT2D eigenvalue weighted by Crippen LogP contribution is -2.50. The van der Waals surface area contributed by atoms with Gasteiger partial charge in [-0.2, -0.15) is 0 Å². The van der Waals surface area contributed by atoms with Gasteiger partial charge in [0.05, 0.1) is 0 Å². The summed E-state index contributed by atoms with van der Waals surface area (Å²) in [5, 5.41) is 11.6. The van der Waals surface area contributed by atoms with Crippen molar-refractivity contribution in [2.75, 3.05) is 20.1 Å². The number of carbonyl (C=O) groups excluding carboxylic acids is 1. The zero-order chi connectivity index (χ0) is 12.8. The van der Waals surface area contributed by atoms with E-state index in [9.17, 15) is 9.59 Å². The van der Waals surface area contributed by atoms with Crippen LogP contribution in [0.1, 0.15) is 33.6 Å². The fraction of sp³-hybridized carbons (Fsp3) is 0.818. The molecule has 0 aromatic rings. The Morgan fingerprint density at radius 3 is 2.31 bits per heavy atom. The summed E-state index contributed by atoms with van der Waals surface area (Å²) in [5.74, 6) is -0.849. The Hall–Kier alpha value is -1.10. The third-order valence-corrected chi connectivity index (χ3v) is 2.81. The van der Waals surface area contributed by atoms with Gasteiger partial charge in [0.1, 0.15) is 5.54 Å². The largest absolute Gasteiger partial charge is 0.480 e. The summed E-state index contributed by atoms with van der Waals surface area (Å²) < 4.78 is 0. The van der Waals surface area contributed by atoms with Crippen molar-refractivity contribution < 1.29 is 14.7 Å². The van der Waals surface area contributed by atoms with Crippen LogP contribution in [0.3, 0.4) is 0 Å². The molecule has 0 rings (SSSR count). The Morgan fingerprint density at radius 2 is 1.94 bits per heavy atom. The number of amides is 1. The molecule has 0 fully saturated rings. The molecule has 0 aromatic heterocycles. The maximum absolute atomic E-state index is 11.1. The Bertz CT molecular complexity index is 252. The number of carbonyl (C=O) groups is 2. The second kappa shape index (κ2) is 6.48. The molecule has 1 amide bonds. The van der Waals surface area contributed by atoms with Crippen molar-refractivity contribution in [3.05, 3.63) is 0 Å². The first kappa shape index (κ1) is 14.9. The van der Waals surface area contributed by atoms with E-state index in [1.165, 1.54) is 0 Å². The third kappa shape index (κ3) is 4.18. The van der Waals surface area contributed by atoms with Crippen molar-refractivity contribution in [2.45, 2.75) is 39.2 Å². The first-order valence-electron chi connectivity index (χ1n) is 5.55. The van der Waals surface area contributed by atoms with Crippen LogP contribution in [-0.4, -0.2) is 47.6 Å². The predicted octanol–water partition coefficient (Wildman–Crippen LogP) is 0.698. The van der Waals surface area contributed by atoms with E-state index in [0.717, 1.165) is 0 Å². The highest BCUT2D eigenvalue weighted by atomic mass is 16.4. The van der Waals surface area contributed by atoms with Gasteiger partial charge in [-0.1, -0.05) is 6.92 Å². The zero-order valence-electron chi connectivity index (χ0n) is 10.5. The van der Waals surface area contributed by atoms with Gasteiger partial charge < -0.3 is 10.4 Å². The fourth-order valence-corrected chi connectivity index (χ4v) is 1.52. The summed E-state index contributed by atoms with van der Waals surface area (Å²) in [4.78, 5) is 23.9. The quantitative estimate of drug-likeness (QED) is 0.675. The SMILES string of the molecule is CCN(CCCC(=O)NC)C(C)(C)C(=O)O. The van der Waals surface area contributed by atoms with Crippen LogP contribution in [0, 0.1) is 0 Å². The third-order valence-electron chi connectivity index (χ3n) is 2.81. The second-order valence-electron chi connectivity index (χ2n) is 4.22. The predicted molar refractivity (Wildman–Crippen MR) is 62.3 cm³/mol. The van der Waals surface area contributed by atoms with E-state index < -0.39 is 11.5 Å². The highest BCUT2D eigenvalue weighted by Gasteiger charge is 2.32. The lowest BCUT2D eigenvalue weighted by Gasteiger charge is -2.34. The fourth-order valence-electron chi connectivity index (χ4n) is 1.52. The minimum atomic E-state index is -0.878. The van der Waals surface area contributed by atoms with Gasteiger partial charge in [-0.3, -0.25) is 14.5 Å². The number of carboxylic acids is 1. The number of aliphatic carboxylic acids is 1. The molecule has 0 unspecified atom stereocenters. The average molecular weight is 230 g/mol. The Morgan fingerprint density at radius 1 is 1.38 bits per heavy atom. The summed E-state index contributed by atoms with van der Waals surface area (Å²) in [6.45, 7) is 6.55. The highest BCUT2D eigenvalue weighted by molar-refractivity contribution is 5.77. The van der Waals surface area contributed by atoms with Crippen LogP contribution in [0.2, 0.25) is 0 Å². The van der Waals surface area contributed by atoms with Gasteiger partial charge in [-0.25, -0.2) is 0 Å². The summed E-state index contributed by atoms with van der Waals surface area (Å²) in [6.07, 6.45) is 1.10. The van der Waals surface area contributed by atoms with Gasteiger partial charge in [-0.05, 0) is 33.4 Å². The van der Waals surface area contributed by atoms with Crippen LogP contribution in [0.4, 0.5) is 0 Å². The monoisotopic (exact) mass is 230 g/mol. The van der Waals surface area contributed by atoms with Gasteiger partial charge in [0, 0.05) is 13.5 Å². The molecule has 0 spiro atoms. The summed E-state index contributed by atoms with van der Waals surface area (Å²) >= 11 is 0. The molecule has 0 atom stereocenters. The average Bonchev–Trinajstić information content (AvgIpc) is 2.23. The van der Waals surface area contributed by atoms with Crippen LogP contribution >= 0.6 is 0 Å². The molecule has 0 aromatic carbocycles. The minimum Gasteiger partial charge on any atom is -0.480 e. The van der Waals surface area contributed by atoms with Gasteiger partial charge in [0.25, 0.3) is 0 Å². The molecule has 0 saturated carbocycles. The number of nitrogens with one attached hydrogen (secondary N) is 1. The summed E-state index contributed by atoms with van der Waals surface area (Å²) in [7, 11) is 1.60. The molecule has 0 saturated heterocycles. The van der Waals surface area contributed by atoms with Crippen molar-refractivity contribution in [1.82, 2.24) is 10.2 Å².